The number of phenolic OH excluding ortho intramolecular Hbond substituents is 1. The molecule has 2 atom stereocenters. The summed E-state index contributed by atoms with van der Waals surface area (Å²) in [5, 5.41) is 13.2. The third-order valence-corrected chi connectivity index (χ3v) is 6.71. The Balaban J connectivity index is 1.75. The Morgan fingerprint density at radius 1 is 1.18 bits per heavy atom. The van der Waals surface area contributed by atoms with Crippen LogP contribution in [-0.4, -0.2) is 77.4 Å². The number of rotatable bonds is 6. The van der Waals surface area contributed by atoms with Gasteiger partial charge in [0.2, 0.25) is 5.91 Å². The Kier molecular flexibility index (Phi) is 8.47. The van der Waals surface area contributed by atoms with Crippen molar-refractivity contribution in [1.82, 2.24) is 15.1 Å². The van der Waals surface area contributed by atoms with Crippen LogP contribution in [0.2, 0.25) is 0 Å². The zero-order chi connectivity index (χ0) is 25.0. The summed E-state index contributed by atoms with van der Waals surface area (Å²) in [4.78, 5) is 30.5. The molecule has 1 aromatic carbocycles. The van der Waals surface area contributed by atoms with Crippen LogP contribution in [0.3, 0.4) is 0 Å². The number of benzene rings is 1. The molecule has 0 aliphatic carbocycles. The number of carbonyl (C=O) groups excluding carboxylic acids is 2. The highest BCUT2D eigenvalue weighted by atomic mass is 16.6. The van der Waals surface area contributed by atoms with Crippen molar-refractivity contribution in [3.05, 3.63) is 29.3 Å². The number of nitrogens with one attached hydrogen (secondary N) is 1. The quantitative estimate of drug-likeness (QED) is 0.656. The summed E-state index contributed by atoms with van der Waals surface area (Å²) in [5.74, 6) is 0.213. The average molecular weight is 476 g/mol. The van der Waals surface area contributed by atoms with Crippen LogP contribution in [0.5, 0.6) is 5.75 Å². The first-order chi connectivity index (χ1) is 16.0. The van der Waals surface area contributed by atoms with Gasteiger partial charge in [-0.15, -0.1) is 0 Å². The highest BCUT2D eigenvalue weighted by Crippen LogP contribution is 2.28. The number of nitrogens with zero attached hydrogens (tertiary/aromatic N) is 2. The summed E-state index contributed by atoms with van der Waals surface area (Å²) >= 11 is 0. The largest absolute Gasteiger partial charge is 0.508 e. The third-order valence-electron chi connectivity index (χ3n) is 6.71. The van der Waals surface area contributed by atoms with Crippen molar-refractivity contribution in [1.29, 1.82) is 0 Å². The van der Waals surface area contributed by atoms with Crippen LogP contribution in [0.25, 0.3) is 0 Å². The van der Waals surface area contributed by atoms with Gasteiger partial charge in [-0.3, -0.25) is 9.69 Å². The number of phenols is 1. The van der Waals surface area contributed by atoms with Gasteiger partial charge in [-0.25, -0.2) is 4.79 Å². The molecule has 1 saturated heterocycles. The van der Waals surface area contributed by atoms with Crippen LogP contribution in [0, 0.1) is 5.92 Å². The minimum atomic E-state index is -0.675. The van der Waals surface area contributed by atoms with Gasteiger partial charge in [0.15, 0.2) is 0 Å². The van der Waals surface area contributed by atoms with E-state index in [9.17, 15) is 14.7 Å². The van der Waals surface area contributed by atoms with E-state index in [-0.39, 0.29) is 30.2 Å². The molecule has 0 bridgehead atoms. The second-order valence-corrected chi connectivity index (χ2v) is 10.9. The molecule has 0 aromatic heterocycles. The lowest BCUT2D eigenvalue weighted by Gasteiger charge is -2.39. The van der Waals surface area contributed by atoms with Gasteiger partial charge in [0.1, 0.15) is 17.4 Å². The maximum atomic E-state index is 13.6. The molecule has 34 heavy (non-hydrogen) atoms. The van der Waals surface area contributed by atoms with Crippen LogP contribution in [-0.2, 0) is 27.2 Å². The zero-order valence-corrected chi connectivity index (χ0v) is 21.5. The van der Waals surface area contributed by atoms with E-state index in [1.165, 1.54) is 4.90 Å². The molecule has 8 nitrogen and oxygen atoms in total. The summed E-state index contributed by atoms with van der Waals surface area (Å²) in [7, 11) is 1.76. The van der Waals surface area contributed by atoms with E-state index in [1.807, 2.05) is 26.8 Å². The van der Waals surface area contributed by atoms with Crippen LogP contribution in [0.1, 0.15) is 58.6 Å². The van der Waals surface area contributed by atoms with E-state index in [1.54, 1.807) is 19.2 Å². The highest BCUT2D eigenvalue weighted by molar-refractivity contribution is 5.87. The van der Waals surface area contributed by atoms with E-state index in [4.69, 9.17) is 9.47 Å². The van der Waals surface area contributed by atoms with Crippen LogP contribution in [0.15, 0.2) is 18.2 Å². The fourth-order valence-electron chi connectivity index (χ4n) is 4.63. The van der Waals surface area contributed by atoms with Crippen molar-refractivity contribution in [2.45, 2.75) is 84.2 Å². The van der Waals surface area contributed by atoms with E-state index in [0.29, 0.717) is 12.5 Å². The molecule has 0 radical (unpaired) electrons. The molecule has 0 saturated carbocycles. The summed E-state index contributed by atoms with van der Waals surface area (Å²) in [6.45, 7) is 12.5. The first kappa shape index (κ1) is 26.3. The Bertz CT molecular complexity index is 858. The van der Waals surface area contributed by atoms with Crippen LogP contribution >= 0.6 is 0 Å². The lowest BCUT2D eigenvalue weighted by Crippen LogP contribution is -2.57. The number of ether oxygens (including phenoxy) is 2. The van der Waals surface area contributed by atoms with Gasteiger partial charge in [-0.05, 0) is 62.8 Å². The van der Waals surface area contributed by atoms with E-state index in [0.717, 1.165) is 43.6 Å². The molecule has 2 amide bonds. The van der Waals surface area contributed by atoms with Crippen LogP contribution in [0.4, 0.5) is 4.79 Å². The van der Waals surface area contributed by atoms with Crippen LogP contribution < -0.4 is 5.32 Å². The lowest BCUT2D eigenvalue weighted by molar-refractivity contribution is -0.128. The molecular weight excluding hydrogens is 434 g/mol. The van der Waals surface area contributed by atoms with Gasteiger partial charge < -0.3 is 24.8 Å². The molecular formula is C26H41N3O5. The number of aromatic hydroxyl groups is 1. The molecule has 8 heteroatoms. The maximum Gasteiger partial charge on any atom is 0.411 e. The predicted octanol–water partition coefficient (Wildman–Crippen LogP) is 3.31. The predicted molar refractivity (Wildman–Crippen MR) is 131 cm³/mol. The molecule has 1 aromatic rings. The number of methoxy groups -OCH3 is 1. The number of hydrogen-bond donors (Lipinski definition) is 2. The maximum absolute atomic E-state index is 13.6. The van der Waals surface area contributed by atoms with E-state index < -0.39 is 17.7 Å². The van der Waals surface area contributed by atoms with Gasteiger partial charge in [-0.2, -0.15) is 0 Å². The molecule has 3 rings (SSSR count). The minimum Gasteiger partial charge on any atom is -0.508 e. The van der Waals surface area contributed by atoms with Crippen molar-refractivity contribution in [2.75, 3.05) is 26.7 Å². The molecule has 1 fully saturated rings. The normalized spacial score (nSPS) is 20.7. The summed E-state index contributed by atoms with van der Waals surface area (Å²) in [5.41, 5.74) is 1.11. The Morgan fingerprint density at radius 2 is 1.85 bits per heavy atom. The smallest absolute Gasteiger partial charge is 0.411 e. The van der Waals surface area contributed by atoms with Crippen molar-refractivity contribution in [3.8, 4) is 5.75 Å². The second-order valence-electron chi connectivity index (χ2n) is 10.9. The monoisotopic (exact) mass is 475 g/mol. The summed E-state index contributed by atoms with van der Waals surface area (Å²) in [6.07, 6.45) is 2.16. The van der Waals surface area contributed by atoms with Crippen molar-refractivity contribution in [3.63, 3.8) is 0 Å². The van der Waals surface area contributed by atoms with E-state index >= 15 is 0 Å². The fourth-order valence-corrected chi connectivity index (χ4v) is 4.63. The molecule has 190 valence electrons. The number of amides is 2. The molecule has 2 aliphatic rings. The average Bonchev–Trinajstić information content (AvgIpc) is 2.76. The number of hydrogen-bond acceptors (Lipinski definition) is 6. The summed E-state index contributed by atoms with van der Waals surface area (Å²) < 4.78 is 11.1. The molecule has 0 spiro atoms. The highest BCUT2D eigenvalue weighted by Gasteiger charge is 2.38. The third kappa shape index (κ3) is 6.85. The van der Waals surface area contributed by atoms with Gasteiger partial charge in [0.05, 0.1) is 12.6 Å². The number of likely N-dealkylation sites (tertiary alicyclic amines) is 1. The minimum absolute atomic E-state index is 0.0340. The topological polar surface area (TPSA) is 91.3 Å². The van der Waals surface area contributed by atoms with Crippen molar-refractivity contribution in [2.24, 2.45) is 5.92 Å². The second kappa shape index (κ2) is 11.0. The van der Waals surface area contributed by atoms with E-state index in [2.05, 4.69) is 24.1 Å². The first-order valence-electron chi connectivity index (χ1n) is 12.3. The number of fused-ring (bicyclic) bond motifs is 1. The SMILES string of the molecule is COC1CCN(C[C@@H](NC(=O)[C@H]2Cc3ccc(O)cc3CN2C(=O)OC(C)(C)C)C(C)C)CC1. The van der Waals surface area contributed by atoms with Crippen molar-refractivity contribution < 1.29 is 24.2 Å². The van der Waals surface area contributed by atoms with Gasteiger partial charge in [-0.1, -0.05) is 19.9 Å². The molecule has 2 heterocycles. The first-order valence-corrected chi connectivity index (χ1v) is 12.3. The zero-order valence-electron chi connectivity index (χ0n) is 21.5. The lowest BCUT2D eigenvalue weighted by atomic mass is 9.92. The molecule has 2 N–H and O–H groups in total. The standard InChI is InChI=1S/C26H41N3O5/c1-17(2)22(16-28-11-9-21(33-6)10-12-28)27-24(31)23-14-18-7-8-20(30)13-19(18)15-29(23)25(32)34-26(3,4)5/h7-8,13,17,21-23,30H,9-12,14-16H2,1-6H3,(H,27,31)/t22-,23-/m1/s1. The number of carbonyl (C=O) groups is 2. The Hall–Kier alpha value is -2.32. The molecule has 0 unspecified atom stereocenters. The number of piperidine rings is 1. The summed E-state index contributed by atoms with van der Waals surface area (Å²) in [6, 6.07) is 4.40. The van der Waals surface area contributed by atoms with Gasteiger partial charge >= 0.3 is 6.09 Å². The fraction of sp³-hybridized carbons (Fsp3) is 0.692. The Morgan fingerprint density at radius 3 is 2.44 bits per heavy atom. The molecule has 2 aliphatic heterocycles. The Labute approximate surface area is 203 Å². The van der Waals surface area contributed by atoms with Gasteiger partial charge in [0, 0.05) is 39.2 Å². The van der Waals surface area contributed by atoms with Crippen molar-refractivity contribution >= 4 is 12.0 Å². The van der Waals surface area contributed by atoms with Gasteiger partial charge in [0.25, 0.3) is 0 Å².